The number of nitrogens with zero attached hydrogens (tertiary/aromatic N) is 1. The van der Waals surface area contributed by atoms with Crippen molar-refractivity contribution >= 4 is 12.4 Å². The molecule has 116 valence electrons. The van der Waals surface area contributed by atoms with Gasteiger partial charge in [0.1, 0.15) is 0 Å². The molecule has 4 aliphatic rings. The van der Waals surface area contributed by atoms with E-state index in [9.17, 15) is 0 Å². The maximum Gasteiger partial charge on any atom is 0.0407 e. The van der Waals surface area contributed by atoms with E-state index in [1.807, 2.05) is 0 Å². The average molecular weight is 306 g/mol. The van der Waals surface area contributed by atoms with Gasteiger partial charge in [-0.3, -0.25) is 4.98 Å². The first-order chi connectivity index (χ1) is 9.70. The topological polar surface area (TPSA) is 12.9 Å². The summed E-state index contributed by atoms with van der Waals surface area (Å²) in [5.41, 5.74) is 4.82. The van der Waals surface area contributed by atoms with Gasteiger partial charge in [0.25, 0.3) is 0 Å². The summed E-state index contributed by atoms with van der Waals surface area (Å²) in [6.07, 6.45) is 11.2. The van der Waals surface area contributed by atoms with Crippen LogP contribution < -0.4 is 0 Å². The highest BCUT2D eigenvalue weighted by Gasteiger charge is 2.51. The molecule has 0 amide bonds. The Morgan fingerprint density at radius 1 is 0.905 bits per heavy atom. The van der Waals surface area contributed by atoms with Gasteiger partial charge in [-0.05, 0) is 92.2 Å². The lowest BCUT2D eigenvalue weighted by molar-refractivity contribution is -0.00529. The van der Waals surface area contributed by atoms with Gasteiger partial charge in [-0.15, -0.1) is 12.4 Å². The van der Waals surface area contributed by atoms with E-state index in [0.717, 1.165) is 30.6 Å². The minimum atomic E-state index is 0. The highest BCUT2D eigenvalue weighted by molar-refractivity contribution is 5.85. The first-order valence-electron chi connectivity index (χ1n) is 8.71. The van der Waals surface area contributed by atoms with E-state index in [2.05, 4.69) is 26.0 Å². The van der Waals surface area contributed by atoms with Gasteiger partial charge in [0, 0.05) is 11.4 Å². The zero-order valence-corrected chi connectivity index (χ0v) is 14.2. The van der Waals surface area contributed by atoms with Gasteiger partial charge < -0.3 is 0 Å². The highest BCUT2D eigenvalue weighted by atomic mass is 35.5. The van der Waals surface area contributed by atoms with Crippen LogP contribution in [0.5, 0.6) is 0 Å². The van der Waals surface area contributed by atoms with Crippen molar-refractivity contribution in [1.29, 1.82) is 0 Å². The zero-order chi connectivity index (χ0) is 13.7. The zero-order valence-electron chi connectivity index (χ0n) is 13.4. The summed E-state index contributed by atoms with van der Waals surface area (Å²) < 4.78 is 0. The first-order valence-corrected chi connectivity index (χ1v) is 8.71. The second-order valence-corrected chi connectivity index (χ2v) is 7.74. The number of halogens is 1. The van der Waals surface area contributed by atoms with Crippen molar-refractivity contribution in [2.24, 2.45) is 17.8 Å². The van der Waals surface area contributed by atoms with E-state index in [1.165, 1.54) is 49.9 Å². The molecule has 4 saturated carbocycles. The molecule has 1 aromatic rings. The molecule has 0 aromatic carbocycles. The minimum absolute atomic E-state index is 0. The lowest BCUT2D eigenvalue weighted by atomic mass is 9.48. The first kappa shape index (κ1) is 15.3. The second-order valence-electron chi connectivity index (χ2n) is 7.74. The molecule has 1 heterocycles. The van der Waals surface area contributed by atoms with Crippen LogP contribution in [-0.4, -0.2) is 4.98 Å². The largest absolute Gasteiger partial charge is 0.258 e. The smallest absolute Gasteiger partial charge is 0.0407 e. The summed E-state index contributed by atoms with van der Waals surface area (Å²) in [6.45, 7) is 4.48. The fraction of sp³-hybridized carbons (Fsp3) is 0.737. The summed E-state index contributed by atoms with van der Waals surface area (Å²) >= 11 is 0. The van der Waals surface area contributed by atoms with Crippen molar-refractivity contribution in [3.05, 3.63) is 29.1 Å². The molecule has 0 N–H and O–H groups in total. The third kappa shape index (κ3) is 2.52. The molecule has 4 aliphatic carbocycles. The number of hydrogen-bond donors (Lipinski definition) is 0. The second kappa shape index (κ2) is 5.57. The van der Waals surface area contributed by atoms with Crippen LogP contribution >= 0.6 is 12.4 Å². The van der Waals surface area contributed by atoms with Gasteiger partial charge in [-0.1, -0.05) is 13.8 Å². The Balaban J connectivity index is 0.00000132. The summed E-state index contributed by atoms with van der Waals surface area (Å²) in [7, 11) is 0. The van der Waals surface area contributed by atoms with Crippen LogP contribution in [0.1, 0.15) is 69.3 Å². The van der Waals surface area contributed by atoms with Crippen LogP contribution in [0.25, 0.3) is 0 Å². The van der Waals surface area contributed by atoms with Crippen molar-refractivity contribution < 1.29 is 0 Å². The van der Waals surface area contributed by atoms with Crippen LogP contribution in [-0.2, 0) is 18.3 Å². The van der Waals surface area contributed by atoms with E-state index < -0.39 is 0 Å². The highest BCUT2D eigenvalue weighted by Crippen LogP contribution is 2.60. The molecule has 0 spiro atoms. The Bertz CT molecular complexity index is 465. The predicted octanol–water partition coefficient (Wildman–Crippen LogP) is 5.10. The maximum absolute atomic E-state index is 4.80. The third-order valence-electron chi connectivity index (χ3n) is 6.31. The van der Waals surface area contributed by atoms with Crippen LogP contribution in [0, 0.1) is 17.8 Å². The molecule has 0 saturated heterocycles. The monoisotopic (exact) mass is 305 g/mol. The molecular formula is C19H28ClN. The molecule has 5 rings (SSSR count). The Morgan fingerprint density at radius 3 is 1.71 bits per heavy atom. The predicted molar refractivity (Wildman–Crippen MR) is 90.1 cm³/mol. The van der Waals surface area contributed by atoms with E-state index >= 15 is 0 Å². The summed E-state index contributed by atoms with van der Waals surface area (Å²) in [5, 5.41) is 0. The molecule has 2 heteroatoms. The van der Waals surface area contributed by atoms with Crippen molar-refractivity contribution in [2.75, 3.05) is 0 Å². The molecule has 0 aliphatic heterocycles. The number of pyridine rings is 1. The van der Waals surface area contributed by atoms with Crippen molar-refractivity contribution in [2.45, 2.75) is 70.6 Å². The van der Waals surface area contributed by atoms with E-state index in [4.69, 9.17) is 4.98 Å². The van der Waals surface area contributed by atoms with E-state index in [0.29, 0.717) is 5.41 Å². The van der Waals surface area contributed by atoms with Gasteiger partial charge >= 0.3 is 0 Å². The molecule has 1 nitrogen and oxygen atoms in total. The van der Waals surface area contributed by atoms with Gasteiger partial charge in [-0.2, -0.15) is 0 Å². The summed E-state index contributed by atoms with van der Waals surface area (Å²) in [6, 6.07) is 4.90. The number of hydrogen-bond acceptors (Lipinski definition) is 1. The van der Waals surface area contributed by atoms with Crippen LogP contribution in [0.2, 0.25) is 0 Å². The fourth-order valence-electron chi connectivity index (χ4n) is 5.78. The minimum Gasteiger partial charge on any atom is -0.258 e. The molecular weight excluding hydrogens is 278 g/mol. The Hall–Kier alpha value is -0.560. The number of aromatic nitrogens is 1. The lowest BCUT2D eigenvalue weighted by Crippen LogP contribution is -2.48. The molecule has 0 radical (unpaired) electrons. The van der Waals surface area contributed by atoms with Crippen molar-refractivity contribution in [3.8, 4) is 0 Å². The standard InChI is InChI=1S/C19H27N.ClH/c1-3-17-8-16(9-18(4-2)20-17)19-10-13-5-14(11-19)7-15(6-13)12-19;/h8-9,13-15H,3-7,10-12H2,1-2H3;1H. The number of aryl methyl sites for hydroxylation is 2. The van der Waals surface area contributed by atoms with Crippen LogP contribution in [0.4, 0.5) is 0 Å². The third-order valence-corrected chi connectivity index (χ3v) is 6.31. The summed E-state index contributed by atoms with van der Waals surface area (Å²) in [5.74, 6) is 3.10. The van der Waals surface area contributed by atoms with Crippen molar-refractivity contribution in [1.82, 2.24) is 4.98 Å². The quantitative estimate of drug-likeness (QED) is 0.757. The van der Waals surface area contributed by atoms with Crippen molar-refractivity contribution in [3.63, 3.8) is 0 Å². The molecule has 21 heavy (non-hydrogen) atoms. The van der Waals surface area contributed by atoms with Gasteiger partial charge in [0.05, 0.1) is 0 Å². The molecule has 0 atom stereocenters. The van der Waals surface area contributed by atoms with E-state index in [1.54, 1.807) is 5.56 Å². The average Bonchev–Trinajstić information content (AvgIpc) is 2.45. The van der Waals surface area contributed by atoms with Gasteiger partial charge in [0.15, 0.2) is 0 Å². The van der Waals surface area contributed by atoms with Crippen LogP contribution in [0.3, 0.4) is 0 Å². The van der Waals surface area contributed by atoms with Crippen LogP contribution in [0.15, 0.2) is 12.1 Å². The van der Waals surface area contributed by atoms with Gasteiger partial charge in [-0.25, -0.2) is 0 Å². The molecule has 1 aromatic heterocycles. The molecule has 4 bridgehead atoms. The normalized spacial score (nSPS) is 36.6. The maximum atomic E-state index is 4.80. The fourth-order valence-corrected chi connectivity index (χ4v) is 5.78. The van der Waals surface area contributed by atoms with Gasteiger partial charge in [0.2, 0.25) is 0 Å². The SMILES string of the molecule is CCc1cc(C23CC4CC(CC(C4)C2)C3)cc(CC)n1.Cl. The number of rotatable bonds is 3. The van der Waals surface area contributed by atoms with E-state index in [-0.39, 0.29) is 12.4 Å². The summed E-state index contributed by atoms with van der Waals surface area (Å²) in [4.78, 5) is 4.80. The molecule has 4 fully saturated rings. The Kier molecular flexibility index (Phi) is 4.07. The molecule has 0 unspecified atom stereocenters. The Morgan fingerprint density at radius 2 is 1.33 bits per heavy atom. The Labute approximate surface area is 135 Å². The lowest BCUT2D eigenvalue weighted by Gasteiger charge is -2.57.